The van der Waals surface area contributed by atoms with Crippen molar-refractivity contribution in [3.8, 4) is 22.1 Å². The van der Waals surface area contributed by atoms with E-state index in [-0.39, 0.29) is 30.2 Å². The molecule has 35 heavy (non-hydrogen) atoms. The number of hydrogen-bond acceptors (Lipinski definition) is 6. The minimum Gasteiger partial charge on any atom is -0.503 e. The summed E-state index contributed by atoms with van der Waals surface area (Å²) in [6.45, 7) is 1.52. The van der Waals surface area contributed by atoms with Gasteiger partial charge in [-0.1, -0.05) is 41.9 Å². The molecule has 4 aromatic rings. The van der Waals surface area contributed by atoms with Gasteiger partial charge in [-0.3, -0.25) is 9.59 Å². The molecule has 0 fully saturated rings. The predicted molar refractivity (Wildman–Crippen MR) is 138 cm³/mol. The van der Waals surface area contributed by atoms with Gasteiger partial charge >= 0.3 is 0 Å². The molecule has 0 unspecified atom stereocenters. The lowest BCUT2D eigenvalue weighted by molar-refractivity contribution is 0.0683. The van der Waals surface area contributed by atoms with E-state index in [0.717, 1.165) is 11.1 Å². The van der Waals surface area contributed by atoms with Crippen LogP contribution in [0.1, 0.15) is 21.6 Å². The molecule has 1 amide bonds. The van der Waals surface area contributed by atoms with Gasteiger partial charge in [0.15, 0.2) is 11.4 Å². The second-order valence-electron chi connectivity index (χ2n) is 7.90. The second kappa shape index (κ2) is 10.5. The molecule has 0 atom stereocenters. The lowest BCUT2D eigenvalue weighted by atomic mass is 10.1. The van der Waals surface area contributed by atoms with Gasteiger partial charge in [0.05, 0.1) is 5.56 Å². The summed E-state index contributed by atoms with van der Waals surface area (Å²) in [4.78, 5) is 31.7. The maximum absolute atomic E-state index is 13.2. The number of carbonyl (C=O) groups excluding carboxylic acids is 1. The zero-order chi connectivity index (χ0) is 23.7. The molecule has 180 valence electrons. The number of aromatic hydroxyl groups is 1. The Balaban J connectivity index is 0.00000289. The number of benzene rings is 2. The number of nitrogens with zero attached hydrogens (tertiary/aromatic N) is 3. The Bertz CT molecular complexity index is 1410. The van der Waals surface area contributed by atoms with E-state index in [1.165, 1.54) is 11.3 Å². The number of thiazole rings is 1. The van der Waals surface area contributed by atoms with Crippen LogP contribution >= 0.6 is 35.3 Å². The van der Waals surface area contributed by atoms with Crippen LogP contribution in [-0.4, -0.2) is 32.0 Å². The standard InChI is InChI=1S/C25H20ClN3O4S.ClH/c26-18-10-17(11-19(12-18)33-15-16-4-2-1-3-5-16)13-29-8-7-28-14-20(24-27-6-9-34-24)22(30)23(31)21(28)25(29)32;/h1-6,9-12,14,31H,7-8,13,15H2;1H. The van der Waals surface area contributed by atoms with Crippen LogP contribution in [0.2, 0.25) is 5.02 Å². The van der Waals surface area contributed by atoms with E-state index in [9.17, 15) is 14.7 Å². The lowest BCUT2D eigenvalue weighted by Crippen LogP contribution is -2.41. The number of amides is 1. The molecule has 1 aliphatic rings. The molecule has 0 bridgehead atoms. The molecule has 7 nitrogen and oxygen atoms in total. The molecule has 0 saturated carbocycles. The highest BCUT2D eigenvalue weighted by Crippen LogP contribution is 2.28. The fourth-order valence-electron chi connectivity index (χ4n) is 3.95. The molecule has 5 rings (SSSR count). The maximum atomic E-state index is 13.2. The molecule has 3 heterocycles. The second-order valence-corrected chi connectivity index (χ2v) is 9.23. The molecule has 10 heteroatoms. The van der Waals surface area contributed by atoms with Gasteiger partial charge in [-0.15, -0.1) is 23.7 Å². The van der Waals surface area contributed by atoms with E-state index >= 15 is 0 Å². The number of aromatic nitrogens is 2. The summed E-state index contributed by atoms with van der Waals surface area (Å²) in [6.07, 6.45) is 3.19. The van der Waals surface area contributed by atoms with Crippen LogP contribution in [0.25, 0.3) is 10.6 Å². The molecule has 0 saturated heterocycles. The average Bonchev–Trinajstić information content (AvgIpc) is 3.37. The molecule has 1 aliphatic heterocycles. The zero-order valence-electron chi connectivity index (χ0n) is 18.4. The quantitative estimate of drug-likeness (QED) is 0.380. The van der Waals surface area contributed by atoms with E-state index in [4.69, 9.17) is 16.3 Å². The van der Waals surface area contributed by atoms with Gasteiger partial charge in [-0.05, 0) is 29.3 Å². The highest BCUT2D eigenvalue weighted by atomic mass is 35.5. The summed E-state index contributed by atoms with van der Waals surface area (Å²) in [5, 5.41) is 13.4. The third kappa shape index (κ3) is 5.19. The Hall–Kier alpha value is -3.33. The van der Waals surface area contributed by atoms with Crippen LogP contribution < -0.4 is 10.2 Å². The van der Waals surface area contributed by atoms with E-state index in [1.54, 1.807) is 39.4 Å². The van der Waals surface area contributed by atoms with Gasteiger partial charge in [-0.2, -0.15) is 0 Å². The minimum atomic E-state index is -0.601. The fourth-order valence-corrected chi connectivity index (χ4v) is 4.84. The van der Waals surface area contributed by atoms with E-state index < -0.39 is 17.1 Å². The van der Waals surface area contributed by atoms with Crippen LogP contribution in [0.15, 0.2) is 71.1 Å². The number of carbonyl (C=O) groups is 1. The van der Waals surface area contributed by atoms with Crippen molar-refractivity contribution in [2.45, 2.75) is 19.7 Å². The van der Waals surface area contributed by atoms with E-state index in [2.05, 4.69) is 4.98 Å². The summed E-state index contributed by atoms with van der Waals surface area (Å²) < 4.78 is 7.51. The van der Waals surface area contributed by atoms with Crippen molar-refractivity contribution in [3.05, 3.63) is 98.4 Å². The van der Waals surface area contributed by atoms with Crippen LogP contribution in [0, 0.1) is 0 Å². The summed E-state index contributed by atoms with van der Waals surface area (Å²) in [5.74, 6) is -0.373. The van der Waals surface area contributed by atoms with E-state index in [0.29, 0.717) is 35.5 Å². The molecule has 0 aliphatic carbocycles. The van der Waals surface area contributed by atoms with Crippen LogP contribution in [0.3, 0.4) is 0 Å². The fraction of sp³-hybridized carbons (Fsp3) is 0.160. The van der Waals surface area contributed by atoms with E-state index in [1.807, 2.05) is 36.4 Å². The molecule has 1 N–H and O–H groups in total. The van der Waals surface area contributed by atoms with Gasteiger partial charge in [0.1, 0.15) is 17.4 Å². The van der Waals surface area contributed by atoms with Crippen molar-refractivity contribution in [2.24, 2.45) is 0 Å². The highest BCUT2D eigenvalue weighted by molar-refractivity contribution is 7.13. The number of hydrogen-bond donors (Lipinski definition) is 1. The maximum Gasteiger partial charge on any atom is 0.274 e. The van der Waals surface area contributed by atoms with Gasteiger partial charge in [0.2, 0.25) is 5.43 Å². The number of ether oxygens (including phenoxy) is 1. The minimum absolute atomic E-state index is 0. The van der Waals surface area contributed by atoms with Crippen molar-refractivity contribution in [2.75, 3.05) is 6.54 Å². The monoisotopic (exact) mass is 529 g/mol. The Morgan fingerprint density at radius 1 is 1.09 bits per heavy atom. The third-order valence-corrected chi connectivity index (χ3v) is 6.60. The number of rotatable bonds is 6. The smallest absolute Gasteiger partial charge is 0.274 e. The Kier molecular flexibility index (Phi) is 7.45. The Morgan fingerprint density at radius 2 is 1.89 bits per heavy atom. The van der Waals surface area contributed by atoms with Crippen LogP contribution in [-0.2, 0) is 19.7 Å². The lowest BCUT2D eigenvalue weighted by Gasteiger charge is -2.30. The van der Waals surface area contributed by atoms with Crippen molar-refractivity contribution in [3.63, 3.8) is 0 Å². The molecule has 2 aromatic carbocycles. The Labute approximate surface area is 216 Å². The zero-order valence-corrected chi connectivity index (χ0v) is 20.8. The molecular formula is C25H21Cl2N3O4S. The first-order chi connectivity index (χ1) is 16.5. The molecule has 2 aromatic heterocycles. The first kappa shape index (κ1) is 24.8. The van der Waals surface area contributed by atoms with Crippen LogP contribution in [0.5, 0.6) is 11.5 Å². The van der Waals surface area contributed by atoms with Crippen molar-refractivity contribution >= 4 is 41.3 Å². The average molecular weight is 530 g/mol. The first-order valence-electron chi connectivity index (χ1n) is 10.6. The normalized spacial score (nSPS) is 12.7. The molecular weight excluding hydrogens is 509 g/mol. The summed E-state index contributed by atoms with van der Waals surface area (Å²) in [6, 6.07) is 15.1. The molecule has 0 spiro atoms. The highest BCUT2D eigenvalue weighted by Gasteiger charge is 2.30. The SMILES string of the molecule is Cl.O=C1c2c(O)c(=O)c(-c3nccs3)cn2CCN1Cc1cc(Cl)cc(OCc2ccccc2)c1. The third-order valence-electron chi connectivity index (χ3n) is 5.57. The first-order valence-corrected chi connectivity index (χ1v) is 11.9. The largest absolute Gasteiger partial charge is 0.503 e. The Morgan fingerprint density at radius 3 is 2.63 bits per heavy atom. The van der Waals surface area contributed by atoms with Gasteiger partial charge < -0.3 is 19.3 Å². The number of fused-ring (bicyclic) bond motifs is 1. The molecule has 0 radical (unpaired) electrons. The van der Waals surface area contributed by atoms with Crippen LogP contribution in [0.4, 0.5) is 0 Å². The van der Waals surface area contributed by atoms with Crippen molar-refractivity contribution in [1.29, 1.82) is 0 Å². The van der Waals surface area contributed by atoms with Gasteiger partial charge in [0.25, 0.3) is 5.91 Å². The predicted octanol–water partition coefficient (Wildman–Crippen LogP) is 4.99. The topological polar surface area (TPSA) is 84.7 Å². The number of pyridine rings is 1. The summed E-state index contributed by atoms with van der Waals surface area (Å²) >= 11 is 7.61. The van der Waals surface area contributed by atoms with Crippen molar-refractivity contribution < 1.29 is 14.6 Å². The summed E-state index contributed by atoms with van der Waals surface area (Å²) in [5.41, 5.74) is 1.49. The number of halogens is 2. The van der Waals surface area contributed by atoms with Gasteiger partial charge in [-0.25, -0.2) is 4.98 Å². The van der Waals surface area contributed by atoms with Gasteiger partial charge in [0, 0.05) is 42.4 Å². The van der Waals surface area contributed by atoms with Crippen molar-refractivity contribution in [1.82, 2.24) is 14.5 Å². The summed E-state index contributed by atoms with van der Waals surface area (Å²) in [7, 11) is 0.